The van der Waals surface area contributed by atoms with E-state index in [9.17, 15) is 4.79 Å². The summed E-state index contributed by atoms with van der Waals surface area (Å²) in [4.78, 5) is 16.9. The van der Waals surface area contributed by atoms with Crippen molar-refractivity contribution in [2.75, 3.05) is 6.79 Å². The first-order valence-corrected chi connectivity index (χ1v) is 8.64. The van der Waals surface area contributed by atoms with E-state index in [1.54, 1.807) is 12.3 Å². The Kier molecular flexibility index (Phi) is 4.83. The first kappa shape index (κ1) is 16.8. The number of carbonyl (C=O) groups excluding carboxylic acids is 1. The molecular weight excluding hydrogens is 340 g/mol. The molecule has 27 heavy (non-hydrogen) atoms. The lowest BCUT2D eigenvalue weighted by Gasteiger charge is -2.17. The van der Waals surface area contributed by atoms with Gasteiger partial charge in [-0.15, -0.1) is 0 Å². The fourth-order valence-corrected chi connectivity index (χ4v) is 2.90. The molecule has 2 aromatic carbocycles. The van der Waals surface area contributed by atoms with E-state index in [-0.39, 0.29) is 18.7 Å². The molecule has 0 bridgehead atoms. The van der Waals surface area contributed by atoms with Crippen molar-refractivity contribution in [3.63, 3.8) is 0 Å². The van der Waals surface area contributed by atoms with Gasteiger partial charge in [-0.05, 0) is 41.5 Å². The summed E-state index contributed by atoms with van der Waals surface area (Å²) in [6, 6.07) is 20.7. The van der Waals surface area contributed by atoms with Crippen LogP contribution in [0.15, 0.2) is 79.0 Å². The van der Waals surface area contributed by atoms with Gasteiger partial charge in [0.1, 0.15) is 0 Å². The van der Waals surface area contributed by atoms with Gasteiger partial charge >= 0.3 is 0 Å². The highest BCUT2D eigenvalue weighted by atomic mass is 16.7. The van der Waals surface area contributed by atoms with Crippen molar-refractivity contribution in [2.45, 2.75) is 6.04 Å². The molecule has 0 spiro atoms. The van der Waals surface area contributed by atoms with Gasteiger partial charge in [0, 0.05) is 12.3 Å². The third kappa shape index (κ3) is 3.98. The summed E-state index contributed by atoms with van der Waals surface area (Å²) in [5.41, 5.74) is 2.62. The number of hydrogen-bond acceptors (Lipinski definition) is 4. The zero-order valence-electron chi connectivity index (χ0n) is 14.5. The summed E-state index contributed by atoms with van der Waals surface area (Å²) in [6.45, 7) is 0.228. The van der Waals surface area contributed by atoms with Crippen molar-refractivity contribution in [3.05, 3.63) is 95.8 Å². The van der Waals surface area contributed by atoms with Crippen LogP contribution >= 0.6 is 0 Å². The molecule has 1 atom stereocenters. The third-order valence-corrected chi connectivity index (χ3v) is 4.23. The van der Waals surface area contributed by atoms with E-state index in [2.05, 4.69) is 10.3 Å². The van der Waals surface area contributed by atoms with Crippen molar-refractivity contribution in [1.82, 2.24) is 10.3 Å². The predicted molar refractivity (Wildman–Crippen MR) is 102 cm³/mol. The fraction of sp³-hybridized carbons (Fsp3) is 0.0909. The summed E-state index contributed by atoms with van der Waals surface area (Å²) < 4.78 is 10.7. The zero-order valence-corrected chi connectivity index (χ0v) is 14.5. The molecule has 0 radical (unpaired) electrons. The molecule has 2 heterocycles. The fourth-order valence-electron chi connectivity index (χ4n) is 2.90. The van der Waals surface area contributed by atoms with Crippen molar-refractivity contribution in [2.24, 2.45) is 0 Å². The molecule has 1 aromatic heterocycles. The smallest absolute Gasteiger partial charge is 0.244 e. The lowest BCUT2D eigenvalue weighted by molar-refractivity contribution is -0.116. The van der Waals surface area contributed by atoms with Crippen LogP contribution in [0.3, 0.4) is 0 Å². The van der Waals surface area contributed by atoms with Gasteiger partial charge in [0.15, 0.2) is 11.5 Å². The van der Waals surface area contributed by atoms with Gasteiger partial charge in [0.2, 0.25) is 12.7 Å². The highest BCUT2D eigenvalue weighted by Crippen LogP contribution is 2.32. The van der Waals surface area contributed by atoms with Crippen LogP contribution in [-0.2, 0) is 4.79 Å². The number of aromatic nitrogens is 1. The number of nitrogens with one attached hydrogen (secondary N) is 1. The lowest BCUT2D eigenvalue weighted by atomic mass is 10.0. The standard InChI is InChI=1S/C22H18N2O3/c25-21(12-10-16-9-11-19-20(14-16)27-15-26-19)24-22(17-6-2-1-3-7-17)18-8-4-5-13-23-18/h1-14,22H,15H2,(H,24,25)/b12-10+. The Bertz CT molecular complexity index is 916. The predicted octanol–water partition coefficient (Wildman–Crippen LogP) is 3.73. The molecule has 1 amide bonds. The van der Waals surface area contributed by atoms with Crippen molar-refractivity contribution in [1.29, 1.82) is 0 Å². The molecule has 0 saturated heterocycles. The van der Waals surface area contributed by atoms with Crippen LogP contribution in [-0.4, -0.2) is 17.7 Å². The first-order valence-electron chi connectivity index (χ1n) is 8.64. The largest absolute Gasteiger partial charge is 0.454 e. The van der Waals surface area contributed by atoms with Crippen LogP contribution < -0.4 is 14.8 Å². The number of carbonyl (C=O) groups is 1. The Morgan fingerprint density at radius 2 is 1.81 bits per heavy atom. The molecule has 1 unspecified atom stereocenters. The Labute approximate surface area is 157 Å². The molecule has 1 N–H and O–H groups in total. The van der Waals surface area contributed by atoms with Crippen LogP contribution in [0, 0.1) is 0 Å². The van der Waals surface area contributed by atoms with Gasteiger partial charge in [-0.1, -0.05) is 42.5 Å². The minimum Gasteiger partial charge on any atom is -0.454 e. The second-order valence-electron chi connectivity index (χ2n) is 6.05. The van der Waals surface area contributed by atoms with Gasteiger partial charge in [-0.25, -0.2) is 0 Å². The maximum atomic E-state index is 12.5. The van der Waals surface area contributed by atoms with E-state index in [0.717, 1.165) is 22.6 Å². The van der Waals surface area contributed by atoms with Crippen LogP contribution in [0.5, 0.6) is 11.5 Å². The molecule has 0 aliphatic carbocycles. The van der Waals surface area contributed by atoms with Crippen molar-refractivity contribution < 1.29 is 14.3 Å². The Morgan fingerprint density at radius 3 is 2.63 bits per heavy atom. The summed E-state index contributed by atoms with van der Waals surface area (Å²) in [7, 11) is 0. The second-order valence-corrected chi connectivity index (χ2v) is 6.05. The maximum Gasteiger partial charge on any atom is 0.244 e. The quantitative estimate of drug-likeness (QED) is 0.706. The number of benzene rings is 2. The van der Waals surface area contributed by atoms with Gasteiger partial charge in [0.25, 0.3) is 0 Å². The van der Waals surface area contributed by atoms with Gasteiger partial charge in [-0.2, -0.15) is 0 Å². The number of pyridine rings is 1. The normalized spacial score (nSPS) is 13.5. The minimum absolute atomic E-state index is 0.202. The molecule has 0 fully saturated rings. The van der Waals surface area contributed by atoms with Crippen molar-refractivity contribution >= 4 is 12.0 Å². The van der Waals surface area contributed by atoms with Crippen LogP contribution in [0.1, 0.15) is 22.9 Å². The average Bonchev–Trinajstić information content (AvgIpc) is 3.20. The summed E-state index contributed by atoms with van der Waals surface area (Å²) in [5, 5.41) is 3.03. The molecule has 1 aliphatic heterocycles. The summed E-state index contributed by atoms with van der Waals surface area (Å²) >= 11 is 0. The summed E-state index contributed by atoms with van der Waals surface area (Å²) in [5.74, 6) is 1.20. The topological polar surface area (TPSA) is 60.5 Å². The van der Waals surface area contributed by atoms with Gasteiger partial charge in [0.05, 0.1) is 11.7 Å². The minimum atomic E-state index is -0.318. The highest BCUT2D eigenvalue weighted by Gasteiger charge is 2.17. The third-order valence-electron chi connectivity index (χ3n) is 4.23. The van der Waals surface area contributed by atoms with Crippen LogP contribution in [0.4, 0.5) is 0 Å². The average molecular weight is 358 g/mol. The van der Waals surface area contributed by atoms with Crippen LogP contribution in [0.2, 0.25) is 0 Å². The zero-order chi connectivity index (χ0) is 18.5. The molecule has 0 saturated carbocycles. The first-order chi connectivity index (χ1) is 13.3. The number of fused-ring (bicyclic) bond motifs is 1. The van der Waals surface area contributed by atoms with Crippen molar-refractivity contribution in [3.8, 4) is 11.5 Å². The van der Waals surface area contributed by atoms with E-state index in [4.69, 9.17) is 9.47 Å². The Balaban J connectivity index is 1.52. The summed E-state index contributed by atoms with van der Waals surface area (Å²) in [6.07, 6.45) is 4.98. The molecule has 4 rings (SSSR count). The Hall–Kier alpha value is -3.60. The van der Waals surface area contributed by atoms with E-state index in [1.807, 2.05) is 66.7 Å². The van der Waals surface area contributed by atoms with E-state index in [0.29, 0.717) is 5.75 Å². The molecule has 3 aromatic rings. The number of amides is 1. The molecule has 134 valence electrons. The molecule has 1 aliphatic rings. The number of rotatable bonds is 5. The molecule has 5 heteroatoms. The van der Waals surface area contributed by atoms with Gasteiger partial charge < -0.3 is 14.8 Å². The molecular formula is C22H18N2O3. The lowest BCUT2D eigenvalue weighted by Crippen LogP contribution is -2.28. The van der Waals surface area contributed by atoms with E-state index in [1.165, 1.54) is 6.08 Å². The number of nitrogens with zero attached hydrogens (tertiary/aromatic N) is 1. The van der Waals surface area contributed by atoms with E-state index >= 15 is 0 Å². The van der Waals surface area contributed by atoms with Gasteiger partial charge in [-0.3, -0.25) is 9.78 Å². The van der Waals surface area contributed by atoms with Crippen LogP contribution in [0.25, 0.3) is 6.08 Å². The number of hydrogen-bond donors (Lipinski definition) is 1. The maximum absolute atomic E-state index is 12.5. The SMILES string of the molecule is O=C(/C=C/c1ccc2c(c1)OCO2)NC(c1ccccc1)c1ccccn1. The Morgan fingerprint density at radius 1 is 1.00 bits per heavy atom. The van der Waals surface area contributed by atoms with E-state index < -0.39 is 0 Å². The second kappa shape index (κ2) is 7.74. The number of ether oxygens (including phenoxy) is 2. The molecule has 5 nitrogen and oxygen atoms in total. The monoisotopic (exact) mass is 358 g/mol. The highest BCUT2D eigenvalue weighted by molar-refractivity contribution is 5.92.